The van der Waals surface area contributed by atoms with Gasteiger partial charge in [0.05, 0.1) is 12.6 Å². The van der Waals surface area contributed by atoms with Crippen LogP contribution in [0, 0.1) is 0 Å². The van der Waals surface area contributed by atoms with Crippen LogP contribution in [0.2, 0.25) is 5.02 Å². The van der Waals surface area contributed by atoms with Crippen molar-refractivity contribution < 1.29 is 19.8 Å². The van der Waals surface area contributed by atoms with Crippen molar-refractivity contribution in [3.05, 3.63) is 70.2 Å². The Morgan fingerprint density at radius 2 is 1.93 bits per heavy atom. The second kappa shape index (κ2) is 15.4. The average Bonchev–Trinajstić information content (AvgIpc) is 3.44. The highest BCUT2D eigenvalue weighted by atomic mass is 35.5. The van der Waals surface area contributed by atoms with Crippen LogP contribution in [0.3, 0.4) is 0 Å². The third kappa shape index (κ3) is 8.76. The zero-order valence-corrected chi connectivity index (χ0v) is 27.2. The minimum Gasteiger partial charge on any atom is -0.454 e. The van der Waals surface area contributed by atoms with E-state index in [-0.39, 0.29) is 65.6 Å². The van der Waals surface area contributed by atoms with E-state index < -0.39 is 17.6 Å². The number of rotatable bonds is 12. The second-order valence-corrected chi connectivity index (χ2v) is 12.7. The molecule has 0 aliphatic carbocycles. The Balaban J connectivity index is 1.56. The molecule has 2 aromatic rings. The molecule has 0 radical (unpaired) electrons. The number of nitrogens with one attached hydrogen (secondary N) is 1. The molecule has 2 aromatic carbocycles. The van der Waals surface area contributed by atoms with Crippen molar-refractivity contribution in [2.75, 3.05) is 54.3 Å². The number of carbonyl (C=O) groups is 2. The molecule has 2 amide bonds. The summed E-state index contributed by atoms with van der Waals surface area (Å²) >= 11 is 6.37. The number of aliphatic imine (C=N–C) groups is 1. The molecule has 3 N–H and O–H groups in total. The number of benzene rings is 2. The normalized spacial score (nSPS) is 21.4. The maximum atomic E-state index is 14.3. The van der Waals surface area contributed by atoms with Crippen molar-refractivity contribution in [3.8, 4) is 0 Å². The van der Waals surface area contributed by atoms with Crippen LogP contribution < -0.4 is 11.1 Å². The number of amides is 2. The van der Waals surface area contributed by atoms with Gasteiger partial charge < -0.3 is 30.5 Å². The fourth-order valence-corrected chi connectivity index (χ4v) is 6.06. The standard InChI is InChI=1S/C34H50ClN7O3/c1-34(2)30(25-12-8-7-9-13-25)45-33(38-34)41-18-19-42(32(44)28(40(5)6)14-10-11-17-39(3)4)29(23-41)31(43)37-22-24-15-16-26(21-36)27(35)20-24/h7-9,12-13,15-16,20,28-30H,10-11,14,17-19,21-23,36H2,1-6H3,(H,37,43)/t28-,29-,30?/m0/s1/i3D,4D,5D,6D. The Labute approximate surface area is 279 Å². The topological polar surface area (TPSA) is 107 Å². The summed E-state index contributed by atoms with van der Waals surface area (Å²) in [7, 11) is -0.412. The highest BCUT2D eigenvalue weighted by molar-refractivity contribution is 6.31. The Morgan fingerprint density at radius 1 is 1.16 bits per heavy atom. The van der Waals surface area contributed by atoms with Crippen molar-refractivity contribution in [2.24, 2.45) is 10.7 Å². The van der Waals surface area contributed by atoms with Crippen LogP contribution in [0.4, 0.5) is 0 Å². The zero-order chi connectivity index (χ0) is 35.6. The monoisotopic (exact) mass is 643 g/mol. The lowest BCUT2D eigenvalue weighted by molar-refractivity contribution is -0.147. The van der Waals surface area contributed by atoms with Crippen LogP contribution in [0.5, 0.6) is 0 Å². The van der Waals surface area contributed by atoms with Gasteiger partial charge in [0, 0.05) is 36.7 Å². The number of hydrogen-bond donors (Lipinski definition) is 2. The molecule has 45 heavy (non-hydrogen) atoms. The first-order valence-corrected chi connectivity index (χ1v) is 15.7. The first-order chi connectivity index (χ1) is 23.6. The van der Waals surface area contributed by atoms with E-state index in [1.807, 2.05) is 61.2 Å². The summed E-state index contributed by atoms with van der Waals surface area (Å²) in [6, 6.07) is 14.1. The van der Waals surface area contributed by atoms with Gasteiger partial charge in [-0.3, -0.25) is 14.5 Å². The molecule has 246 valence electrons. The number of unbranched alkanes of at least 4 members (excludes halogenated alkanes) is 1. The van der Waals surface area contributed by atoms with Gasteiger partial charge >= 0.3 is 0 Å². The molecule has 0 bridgehead atoms. The number of piperazine rings is 1. The molecule has 0 aromatic heterocycles. The summed E-state index contributed by atoms with van der Waals surface area (Å²) < 4.78 is 37.7. The maximum absolute atomic E-state index is 14.3. The molecule has 1 unspecified atom stereocenters. The van der Waals surface area contributed by atoms with E-state index in [4.69, 9.17) is 32.5 Å². The molecule has 2 aliphatic rings. The predicted molar refractivity (Wildman–Crippen MR) is 180 cm³/mol. The number of nitrogens with zero attached hydrogens (tertiary/aromatic N) is 5. The van der Waals surface area contributed by atoms with E-state index in [1.54, 1.807) is 15.9 Å². The Hall–Kier alpha value is -3.18. The smallest absolute Gasteiger partial charge is 0.288 e. The largest absolute Gasteiger partial charge is 0.454 e. The third-order valence-electron chi connectivity index (χ3n) is 8.32. The van der Waals surface area contributed by atoms with Crippen LogP contribution in [0.1, 0.15) is 61.4 Å². The lowest BCUT2D eigenvalue weighted by atomic mass is 9.93. The van der Waals surface area contributed by atoms with Crippen LogP contribution >= 0.6 is 11.6 Å². The fourth-order valence-electron chi connectivity index (χ4n) is 5.77. The van der Waals surface area contributed by atoms with E-state index in [0.717, 1.165) is 16.7 Å². The SMILES string of the molecule is [2H]CN(C[2H])CCCC[C@@H](C(=O)N1CCN(C2=NC(C)(C)C(c3ccccc3)O2)C[C@H]1C(=O)NCc1ccc(CN)c(Cl)c1)N(C[2H])C[2H]. The number of amidine groups is 1. The van der Waals surface area contributed by atoms with Crippen LogP contribution in [0.25, 0.3) is 0 Å². The van der Waals surface area contributed by atoms with Crippen molar-refractivity contribution in [1.29, 1.82) is 0 Å². The second-order valence-electron chi connectivity index (χ2n) is 12.3. The molecular formula is C34H50ClN7O3. The maximum Gasteiger partial charge on any atom is 0.288 e. The summed E-state index contributed by atoms with van der Waals surface area (Å²) in [6.45, 7) is 5.83. The van der Waals surface area contributed by atoms with Gasteiger partial charge in [-0.15, -0.1) is 0 Å². The Morgan fingerprint density at radius 3 is 2.62 bits per heavy atom. The molecule has 3 atom stereocenters. The minimum absolute atomic E-state index is 0.0279. The molecule has 10 nitrogen and oxygen atoms in total. The van der Waals surface area contributed by atoms with Crippen LogP contribution in [-0.4, -0.2) is 109 Å². The lowest BCUT2D eigenvalue weighted by Crippen LogP contribution is -2.64. The van der Waals surface area contributed by atoms with E-state index in [0.29, 0.717) is 49.9 Å². The molecule has 2 aliphatic heterocycles. The molecule has 0 saturated carbocycles. The third-order valence-corrected chi connectivity index (χ3v) is 8.67. The summed E-state index contributed by atoms with van der Waals surface area (Å²) in [5, 5.41) is 3.51. The number of ether oxygens (including phenoxy) is 1. The van der Waals surface area contributed by atoms with E-state index in [9.17, 15) is 9.59 Å². The highest BCUT2D eigenvalue weighted by Crippen LogP contribution is 2.38. The molecule has 0 spiro atoms. The van der Waals surface area contributed by atoms with Gasteiger partial charge in [0.1, 0.15) is 11.6 Å². The van der Waals surface area contributed by atoms with Gasteiger partial charge in [-0.25, -0.2) is 4.99 Å². The number of halogens is 1. The Bertz CT molecular complexity index is 1420. The highest BCUT2D eigenvalue weighted by Gasteiger charge is 2.45. The number of carbonyl (C=O) groups excluding carboxylic acids is 2. The molecular weight excluding hydrogens is 590 g/mol. The van der Waals surface area contributed by atoms with Gasteiger partial charge in [0.2, 0.25) is 11.8 Å². The first kappa shape index (κ1) is 29.2. The molecule has 11 heteroatoms. The summed E-state index contributed by atoms with van der Waals surface area (Å²) in [6.07, 6.45) is 1.36. The summed E-state index contributed by atoms with van der Waals surface area (Å²) in [5.74, 6) is -0.651. The van der Waals surface area contributed by atoms with Gasteiger partial charge in [0.25, 0.3) is 6.02 Å². The molecule has 1 fully saturated rings. The van der Waals surface area contributed by atoms with Gasteiger partial charge in [0.15, 0.2) is 6.10 Å². The van der Waals surface area contributed by atoms with Crippen molar-refractivity contribution in [2.45, 2.75) is 69.9 Å². The first-order valence-electron chi connectivity index (χ1n) is 18.1. The van der Waals surface area contributed by atoms with Gasteiger partial charge in [-0.1, -0.05) is 60.5 Å². The molecule has 1 saturated heterocycles. The van der Waals surface area contributed by atoms with Gasteiger partial charge in [-0.2, -0.15) is 0 Å². The van der Waals surface area contributed by atoms with Crippen molar-refractivity contribution >= 4 is 29.4 Å². The number of likely N-dealkylation sites (N-methyl/N-ethyl adjacent to an activating group) is 1. The van der Waals surface area contributed by atoms with E-state index in [2.05, 4.69) is 5.32 Å². The zero-order valence-electron chi connectivity index (χ0n) is 30.5. The molecule has 2 heterocycles. The molecule has 4 rings (SSSR count). The number of hydrogen-bond acceptors (Lipinski definition) is 8. The number of nitrogens with two attached hydrogens (primary N) is 1. The summed E-state index contributed by atoms with van der Waals surface area (Å²) in [5.41, 5.74) is 7.79. The Kier molecular flexibility index (Phi) is 10.0. The average molecular weight is 644 g/mol. The lowest BCUT2D eigenvalue weighted by Gasteiger charge is -2.42. The van der Waals surface area contributed by atoms with Crippen LogP contribution in [-0.2, 0) is 27.4 Å². The minimum atomic E-state index is -0.895. The van der Waals surface area contributed by atoms with Crippen molar-refractivity contribution in [1.82, 2.24) is 24.9 Å². The van der Waals surface area contributed by atoms with Crippen LogP contribution in [0.15, 0.2) is 53.5 Å². The van der Waals surface area contributed by atoms with Crippen molar-refractivity contribution in [3.63, 3.8) is 0 Å². The quantitative estimate of drug-likeness (QED) is 0.341. The van der Waals surface area contributed by atoms with E-state index >= 15 is 0 Å². The fraction of sp³-hybridized carbons (Fsp3) is 0.559. The van der Waals surface area contributed by atoms with E-state index in [1.165, 1.54) is 4.90 Å². The van der Waals surface area contributed by atoms with Gasteiger partial charge in [-0.05, 0) is 84.1 Å². The summed E-state index contributed by atoms with van der Waals surface area (Å²) in [4.78, 5) is 39.9. The predicted octanol–water partition coefficient (Wildman–Crippen LogP) is 3.50.